The zero-order chi connectivity index (χ0) is 17.0. The predicted octanol–water partition coefficient (Wildman–Crippen LogP) is 3.18. The minimum atomic E-state index is -0.458. The second kappa shape index (κ2) is 7.84. The predicted molar refractivity (Wildman–Crippen MR) is 91.6 cm³/mol. The monoisotopic (exact) mass is 326 g/mol. The van der Waals surface area contributed by atoms with Gasteiger partial charge in [-0.25, -0.2) is 4.79 Å². The molecule has 2 fully saturated rings. The van der Waals surface area contributed by atoms with Crippen molar-refractivity contribution in [2.45, 2.75) is 83.6 Å². The average Bonchev–Trinajstić information content (AvgIpc) is 2.89. The largest absolute Gasteiger partial charge is 0.444 e. The third-order valence-corrected chi connectivity index (χ3v) is 5.05. The van der Waals surface area contributed by atoms with E-state index in [1.807, 2.05) is 20.8 Å². The van der Waals surface area contributed by atoms with Gasteiger partial charge in [-0.05, 0) is 46.5 Å². The Labute approximate surface area is 141 Å². The third kappa shape index (κ3) is 5.35. The lowest BCUT2D eigenvalue weighted by Gasteiger charge is -2.31. The van der Waals surface area contributed by atoms with Gasteiger partial charge in [-0.1, -0.05) is 19.3 Å². The van der Waals surface area contributed by atoms with E-state index in [1.165, 1.54) is 32.1 Å². The first kappa shape index (κ1) is 18.5. The van der Waals surface area contributed by atoms with Gasteiger partial charge >= 0.3 is 6.09 Å². The molecule has 5 nitrogen and oxygen atoms in total. The Morgan fingerprint density at radius 2 is 1.83 bits per heavy atom. The van der Waals surface area contributed by atoms with Crippen LogP contribution >= 0.6 is 0 Å². The smallest absolute Gasteiger partial charge is 0.410 e. The molecule has 0 aromatic carbocycles. The fourth-order valence-electron chi connectivity index (χ4n) is 3.76. The minimum Gasteiger partial charge on any atom is -0.444 e. The molecule has 1 aliphatic heterocycles. The molecule has 23 heavy (non-hydrogen) atoms. The number of nitrogens with one attached hydrogen (secondary N) is 1. The van der Waals surface area contributed by atoms with Crippen LogP contribution in [0.2, 0.25) is 0 Å². The van der Waals surface area contributed by atoms with E-state index in [-0.39, 0.29) is 18.2 Å². The molecular formula is C18H34N2O3. The second-order valence-electron chi connectivity index (χ2n) is 8.12. The molecule has 2 unspecified atom stereocenters. The summed E-state index contributed by atoms with van der Waals surface area (Å²) in [6, 6.07) is 0.654. The topological polar surface area (TPSA) is 50.8 Å². The van der Waals surface area contributed by atoms with Crippen molar-refractivity contribution in [2.24, 2.45) is 5.92 Å². The van der Waals surface area contributed by atoms with Gasteiger partial charge in [-0.3, -0.25) is 0 Å². The molecule has 1 heterocycles. The van der Waals surface area contributed by atoms with E-state index in [9.17, 15) is 4.79 Å². The van der Waals surface area contributed by atoms with E-state index >= 15 is 0 Å². The highest BCUT2D eigenvalue weighted by molar-refractivity contribution is 5.68. The van der Waals surface area contributed by atoms with Crippen LogP contribution in [0, 0.1) is 5.92 Å². The van der Waals surface area contributed by atoms with Crippen LogP contribution in [0.15, 0.2) is 0 Å². The number of carbonyl (C=O) groups excluding carboxylic acids is 1. The van der Waals surface area contributed by atoms with Gasteiger partial charge in [0.1, 0.15) is 5.60 Å². The zero-order valence-corrected chi connectivity index (χ0v) is 15.4. The molecule has 0 bridgehead atoms. The molecule has 3 atom stereocenters. The van der Waals surface area contributed by atoms with Gasteiger partial charge in [0.15, 0.2) is 0 Å². The standard InChI is InChI=1S/C18H34N2O3/c1-13(14-9-7-6-8-10-14)19-15-11-20(12-16(15)22-5)17(21)23-18(2,3)4/h13-16,19H,6-12H2,1-5H3/t13?,15?,16-/m0/s1. The number of amides is 1. The highest BCUT2D eigenvalue weighted by atomic mass is 16.6. The molecule has 0 radical (unpaired) electrons. The zero-order valence-electron chi connectivity index (χ0n) is 15.4. The van der Waals surface area contributed by atoms with Gasteiger partial charge in [0.25, 0.3) is 0 Å². The minimum absolute atomic E-state index is 0.0357. The van der Waals surface area contributed by atoms with Gasteiger partial charge < -0.3 is 19.7 Å². The van der Waals surface area contributed by atoms with Gasteiger partial charge in [0.2, 0.25) is 0 Å². The third-order valence-electron chi connectivity index (χ3n) is 5.05. The SMILES string of the molecule is CO[C@H]1CN(C(=O)OC(C)(C)C)CC1NC(C)C1CCCCC1. The molecule has 1 N–H and O–H groups in total. The maximum atomic E-state index is 12.3. The summed E-state index contributed by atoms with van der Waals surface area (Å²) in [5, 5.41) is 3.72. The Morgan fingerprint density at radius 3 is 2.39 bits per heavy atom. The van der Waals surface area contributed by atoms with Crippen molar-refractivity contribution in [1.82, 2.24) is 10.2 Å². The Bertz CT molecular complexity index is 388. The molecule has 1 amide bonds. The van der Waals surface area contributed by atoms with Crippen molar-refractivity contribution in [1.29, 1.82) is 0 Å². The summed E-state index contributed by atoms with van der Waals surface area (Å²) < 4.78 is 11.1. The van der Waals surface area contributed by atoms with E-state index in [0.717, 1.165) is 5.92 Å². The van der Waals surface area contributed by atoms with Crippen LogP contribution in [0.25, 0.3) is 0 Å². The van der Waals surface area contributed by atoms with Crippen molar-refractivity contribution >= 4 is 6.09 Å². The van der Waals surface area contributed by atoms with Crippen LogP contribution in [-0.4, -0.2) is 55.0 Å². The molecule has 0 aromatic rings. The first-order chi connectivity index (χ1) is 10.8. The average molecular weight is 326 g/mol. The van der Waals surface area contributed by atoms with Crippen molar-refractivity contribution in [3.8, 4) is 0 Å². The Morgan fingerprint density at radius 1 is 1.17 bits per heavy atom. The summed E-state index contributed by atoms with van der Waals surface area (Å²) >= 11 is 0. The Kier molecular flexibility index (Phi) is 6.32. The molecule has 2 rings (SSSR count). The fraction of sp³-hybridized carbons (Fsp3) is 0.944. The number of ether oxygens (including phenoxy) is 2. The molecule has 1 saturated heterocycles. The summed E-state index contributed by atoms with van der Waals surface area (Å²) in [4.78, 5) is 14.0. The summed E-state index contributed by atoms with van der Waals surface area (Å²) in [6.45, 7) is 9.23. The lowest BCUT2D eigenvalue weighted by Crippen LogP contribution is -2.48. The van der Waals surface area contributed by atoms with E-state index in [0.29, 0.717) is 19.1 Å². The molecule has 1 saturated carbocycles. The fourth-order valence-corrected chi connectivity index (χ4v) is 3.76. The highest BCUT2D eigenvalue weighted by Crippen LogP contribution is 2.27. The highest BCUT2D eigenvalue weighted by Gasteiger charge is 2.38. The quantitative estimate of drug-likeness (QED) is 0.862. The first-order valence-corrected chi connectivity index (χ1v) is 9.07. The van der Waals surface area contributed by atoms with Gasteiger partial charge in [-0.2, -0.15) is 0 Å². The lowest BCUT2D eigenvalue weighted by atomic mass is 9.84. The number of carbonyl (C=O) groups is 1. The van der Waals surface area contributed by atoms with Crippen molar-refractivity contribution in [3.63, 3.8) is 0 Å². The van der Waals surface area contributed by atoms with Crippen LogP contribution in [0.5, 0.6) is 0 Å². The van der Waals surface area contributed by atoms with E-state index < -0.39 is 5.60 Å². The maximum absolute atomic E-state index is 12.3. The second-order valence-corrected chi connectivity index (χ2v) is 8.12. The van der Waals surface area contributed by atoms with Gasteiger partial charge in [0, 0.05) is 19.7 Å². The van der Waals surface area contributed by atoms with Gasteiger partial charge in [0.05, 0.1) is 18.7 Å². The summed E-state index contributed by atoms with van der Waals surface area (Å²) in [7, 11) is 1.73. The van der Waals surface area contributed by atoms with Crippen molar-refractivity contribution < 1.29 is 14.3 Å². The normalized spacial score (nSPS) is 28.0. The van der Waals surface area contributed by atoms with E-state index in [2.05, 4.69) is 12.2 Å². The van der Waals surface area contributed by atoms with Crippen LogP contribution in [0.1, 0.15) is 59.8 Å². The van der Waals surface area contributed by atoms with Crippen LogP contribution in [0.3, 0.4) is 0 Å². The molecule has 134 valence electrons. The van der Waals surface area contributed by atoms with Crippen molar-refractivity contribution in [3.05, 3.63) is 0 Å². The first-order valence-electron chi connectivity index (χ1n) is 9.07. The Balaban J connectivity index is 1.89. The number of methoxy groups -OCH3 is 1. The van der Waals surface area contributed by atoms with Crippen LogP contribution in [-0.2, 0) is 9.47 Å². The van der Waals surface area contributed by atoms with Gasteiger partial charge in [-0.15, -0.1) is 0 Å². The lowest BCUT2D eigenvalue weighted by molar-refractivity contribution is 0.0252. The Hall–Kier alpha value is -0.810. The number of likely N-dealkylation sites (tertiary alicyclic amines) is 1. The number of hydrogen-bond acceptors (Lipinski definition) is 4. The molecule has 5 heteroatoms. The molecule has 0 spiro atoms. The number of hydrogen-bond donors (Lipinski definition) is 1. The molecule has 1 aliphatic carbocycles. The maximum Gasteiger partial charge on any atom is 0.410 e. The number of rotatable bonds is 4. The van der Waals surface area contributed by atoms with Crippen LogP contribution in [0.4, 0.5) is 4.79 Å². The summed E-state index contributed by atoms with van der Waals surface area (Å²) in [5.74, 6) is 0.747. The molecular weight excluding hydrogens is 292 g/mol. The summed E-state index contributed by atoms with van der Waals surface area (Å²) in [6.07, 6.45) is 6.49. The number of nitrogens with zero attached hydrogens (tertiary/aromatic N) is 1. The summed E-state index contributed by atoms with van der Waals surface area (Å²) in [5.41, 5.74) is -0.458. The van der Waals surface area contributed by atoms with E-state index in [1.54, 1.807) is 12.0 Å². The molecule has 2 aliphatic rings. The van der Waals surface area contributed by atoms with Crippen LogP contribution < -0.4 is 5.32 Å². The van der Waals surface area contributed by atoms with Crippen molar-refractivity contribution in [2.75, 3.05) is 20.2 Å². The van der Waals surface area contributed by atoms with E-state index in [4.69, 9.17) is 9.47 Å². The molecule has 0 aromatic heterocycles.